The van der Waals surface area contributed by atoms with E-state index in [-0.39, 0.29) is 42.7 Å². The number of benzene rings is 1. The van der Waals surface area contributed by atoms with E-state index < -0.39 is 17.8 Å². The molecule has 0 spiro atoms. The molecule has 1 aromatic rings. The highest BCUT2D eigenvalue weighted by atomic mass is 35.5. The second kappa shape index (κ2) is 9.80. The molecule has 2 N–H and O–H groups in total. The summed E-state index contributed by atoms with van der Waals surface area (Å²) in [7, 11) is 0. The lowest BCUT2D eigenvalue weighted by atomic mass is 9.92. The molecule has 0 saturated carbocycles. The van der Waals surface area contributed by atoms with Crippen LogP contribution in [0.4, 0.5) is 13.2 Å². The van der Waals surface area contributed by atoms with Crippen molar-refractivity contribution in [1.82, 2.24) is 15.5 Å². The van der Waals surface area contributed by atoms with Gasteiger partial charge in [0.25, 0.3) is 0 Å². The normalized spacial score (nSPS) is 25.3. The first-order chi connectivity index (χ1) is 13.2. The number of hydrogen-bond donors (Lipinski definition) is 2. The number of hydrogen-bond acceptors (Lipinski definition) is 3. The molecule has 3 atom stereocenters. The summed E-state index contributed by atoms with van der Waals surface area (Å²) in [6, 6.07) is 4.70. The Labute approximate surface area is 174 Å². The molecule has 2 aliphatic rings. The molecule has 5 nitrogen and oxygen atoms in total. The van der Waals surface area contributed by atoms with Crippen LogP contribution in [0.15, 0.2) is 24.3 Å². The van der Waals surface area contributed by atoms with Crippen LogP contribution in [-0.4, -0.2) is 41.9 Å². The van der Waals surface area contributed by atoms with Crippen molar-refractivity contribution in [2.45, 2.75) is 57.4 Å². The van der Waals surface area contributed by atoms with Crippen LogP contribution in [0.5, 0.6) is 0 Å². The Kier molecular flexibility index (Phi) is 7.94. The lowest BCUT2D eigenvalue weighted by Crippen LogP contribution is -2.54. The zero-order valence-electron chi connectivity index (χ0n) is 16.3. The number of carbonyl (C=O) groups is 2. The number of rotatable bonds is 4. The third kappa shape index (κ3) is 6.09. The predicted octanol–water partition coefficient (Wildman–Crippen LogP) is 3.12. The third-order valence-corrected chi connectivity index (χ3v) is 5.47. The van der Waals surface area contributed by atoms with Gasteiger partial charge in [-0.05, 0) is 56.8 Å². The van der Waals surface area contributed by atoms with Crippen LogP contribution < -0.4 is 10.6 Å². The van der Waals surface area contributed by atoms with Crippen LogP contribution in [0.2, 0.25) is 0 Å². The minimum Gasteiger partial charge on any atom is -0.344 e. The number of nitrogens with one attached hydrogen (secondary N) is 2. The molecule has 2 heterocycles. The first-order valence-corrected chi connectivity index (χ1v) is 9.72. The summed E-state index contributed by atoms with van der Waals surface area (Å²) in [6.07, 6.45) is -1.67. The minimum atomic E-state index is -4.41. The minimum absolute atomic E-state index is 0. The van der Waals surface area contributed by atoms with E-state index in [9.17, 15) is 22.8 Å². The first-order valence-electron chi connectivity index (χ1n) is 9.72. The SMILES string of the molecule is C[C@H]1C[C@@H](C(=O)NC2CCCN(Cc3cccc(C(F)(F)F)c3)C2=O)CCN1.Cl. The quantitative estimate of drug-likeness (QED) is 0.767. The van der Waals surface area contributed by atoms with Gasteiger partial charge in [0.1, 0.15) is 6.04 Å². The second-order valence-corrected chi connectivity index (χ2v) is 7.74. The zero-order chi connectivity index (χ0) is 20.3. The van der Waals surface area contributed by atoms with Gasteiger partial charge in [-0.2, -0.15) is 13.2 Å². The smallest absolute Gasteiger partial charge is 0.344 e. The molecule has 9 heteroatoms. The Morgan fingerprint density at radius 3 is 2.76 bits per heavy atom. The molecular formula is C20H27ClF3N3O2. The van der Waals surface area contributed by atoms with Crippen LogP contribution in [0.1, 0.15) is 43.7 Å². The number of alkyl halides is 3. The number of nitrogens with zero attached hydrogens (tertiary/aromatic N) is 1. The van der Waals surface area contributed by atoms with Crippen LogP contribution in [0.25, 0.3) is 0 Å². The summed E-state index contributed by atoms with van der Waals surface area (Å²) in [6.45, 7) is 3.40. The molecule has 2 saturated heterocycles. The van der Waals surface area contributed by atoms with E-state index in [0.717, 1.165) is 31.5 Å². The van der Waals surface area contributed by atoms with Gasteiger partial charge < -0.3 is 15.5 Å². The molecule has 162 valence electrons. The number of carbonyl (C=O) groups excluding carboxylic acids is 2. The van der Waals surface area contributed by atoms with Crippen molar-refractivity contribution >= 4 is 24.2 Å². The fourth-order valence-electron chi connectivity index (χ4n) is 3.96. The van der Waals surface area contributed by atoms with Gasteiger partial charge >= 0.3 is 6.18 Å². The van der Waals surface area contributed by atoms with Crippen LogP contribution >= 0.6 is 12.4 Å². The Balaban J connectivity index is 0.00000300. The standard InChI is InChI=1S/C20H26F3N3O2.ClH/c1-13-10-15(7-8-24-13)18(27)25-17-6-3-9-26(19(17)28)12-14-4-2-5-16(11-14)20(21,22)23;/h2,4-5,11,13,15,17,24H,3,6-10,12H2,1H3,(H,25,27);1H/t13-,15-,17?;/m0./s1. The largest absolute Gasteiger partial charge is 0.416 e. The van der Waals surface area contributed by atoms with Crippen molar-refractivity contribution in [2.75, 3.05) is 13.1 Å². The highest BCUT2D eigenvalue weighted by Gasteiger charge is 2.34. The van der Waals surface area contributed by atoms with Gasteiger partial charge in [0.15, 0.2) is 0 Å². The van der Waals surface area contributed by atoms with Crippen LogP contribution in [-0.2, 0) is 22.3 Å². The molecule has 0 bridgehead atoms. The van der Waals surface area contributed by atoms with E-state index in [1.807, 2.05) is 6.92 Å². The summed E-state index contributed by atoms with van der Waals surface area (Å²) in [4.78, 5) is 26.9. The monoisotopic (exact) mass is 433 g/mol. The summed E-state index contributed by atoms with van der Waals surface area (Å²) >= 11 is 0. The van der Waals surface area contributed by atoms with E-state index in [2.05, 4.69) is 10.6 Å². The highest BCUT2D eigenvalue weighted by Crippen LogP contribution is 2.30. The highest BCUT2D eigenvalue weighted by molar-refractivity contribution is 5.89. The fourth-order valence-corrected chi connectivity index (χ4v) is 3.96. The Morgan fingerprint density at radius 1 is 1.31 bits per heavy atom. The van der Waals surface area contributed by atoms with E-state index in [1.165, 1.54) is 11.0 Å². The number of piperidine rings is 2. The van der Waals surface area contributed by atoms with Gasteiger partial charge in [-0.3, -0.25) is 9.59 Å². The van der Waals surface area contributed by atoms with Gasteiger partial charge in [-0.15, -0.1) is 12.4 Å². The lowest BCUT2D eigenvalue weighted by molar-refractivity contribution is -0.140. The Morgan fingerprint density at radius 2 is 2.07 bits per heavy atom. The molecule has 29 heavy (non-hydrogen) atoms. The van der Waals surface area contributed by atoms with E-state index in [1.54, 1.807) is 6.07 Å². The molecule has 2 aliphatic heterocycles. The van der Waals surface area contributed by atoms with E-state index in [0.29, 0.717) is 24.9 Å². The number of amides is 2. The molecule has 0 aromatic heterocycles. The van der Waals surface area contributed by atoms with Crippen molar-refractivity contribution in [3.63, 3.8) is 0 Å². The average Bonchev–Trinajstić information content (AvgIpc) is 2.64. The van der Waals surface area contributed by atoms with Crippen molar-refractivity contribution in [3.8, 4) is 0 Å². The summed E-state index contributed by atoms with van der Waals surface area (Å²) in [5.74, 6) is -0.436. The van der Waals surface area contributed by atoms with Crippen molar-refractivity contribution in [2.24, 2.45) is 5.92 Å². The van der Waals surface area contributed by atoms with Crippen LogP contribution in [0, 0.1) is 5.92 Å². The van der Waals surface area contributed by atoms with Crippen molar-refractivity contribution in [1.29, 1.82) is 0 Å². The molecule has 3 rings (SSSR count). The maximum Gasteiger partial charge on any atom is 0.416 e. The second-order valence-electron chi connectivity index (χ2n) is 7.74. The van der Waals surface area contributed by atoms with Gasteiger partial charge in [0.05, 0.1) is 5.56 Å². The number of likely N-dealkylation sites (tertiary alicyclic amines) is 1. The molecule has 1 aromatic carbocycles. The number of halogens is 4. The van der Waals surface area contributed by atoms with E-state index in [4.69, 9.17) is 0 Å². The van der Waals surface area contributed by atoms with Gasteiger partial charge in [-0.1, -0.05) is 12.1 Å². The molecular weight excluding hydrogens is 407 g/mol. The van der Waals surface area contributed by atoms with Crippen LogP contribution in [0.3, 0.4) is 0 Å². The molecule has 0 aliphatic carbocycles. The maximum atomic E-state index is 12.9. The summed E-state index contributed by atoms with van der Waals surface area (Å²) < 4.78 is 38.7. The summed E-state index contributed by atoms with van der Waals surface area (Å²) in [5.41, 5.74) is -0.290. The van der Waals surface area contributed by atoms with E-state index >= 15 is 0 Å². The third-order valence-electron chi connectivity index (χ3n) is 5.47. The Bertz CT molecular complexity index is 729. The zero-order valence-corrected chi connectivity index (χ0v) is 17.1. The first kappa shape index (κ1) is 23.5. The molecule has 2 fully saturated rings. The lowest BCUT2D eigenvalue weighted by Gasteiger charge is -2.34. The van der Waals surface area contributed by atoms with Gasteiger partial charge in [-0.25, -0.2) is 0 Å². The van der Waals surface area contributed by atoms with Gasteiger partial charge in [0.2, 0.25) is 11.8 Å². The maximum absolute atomic E-state index is 12.9. The average molecular weight is 434 g/mol. The summed E-state index contributed by atoms with van der Waals surface area (Å²) in [5, 5.41) is 6.17. The van der Waals surface area contributed by atoms with Gasteiger partial charge in [0, 0.05) is 25.0 Å². The predicted molar refractivity (Wildman–Crippen MR) is 105 cm³/mol. The topological polar surface area (TPSA) is 61.4 Å². The van der Waals surface area contributed by atoms with Crippen molar-refractivity contribution < 1.29 is 22.8 Å². The molecule has 1 unspecified atom stereocenters. The molecule has 0 radical (unpaired) electrons. The fraction of sp³-hybridized carbons (Fsp3) is 0.600. The Hall–Kier alpha value is -1.80. The van der Waals surface area contributed by atoms with Crippen molar-refractivity contribution in [3.05, 3.63) is 35.4 Å². The molecule has 2 amide bonds.